The van der Waals surface area contributed by atoms with Gasteiger partial charge in [-0.2, -0.15) is 0 Å². The maximum Gasteiger partial charge on any atom is 0.251 e. The van der Waals surface area contributed by atoms with E-state index in [1.54, 1.807) is 6.08 Å². The lowest BCUT2D eigenvalue weighted by molar-refractivity contribution is -0.131. The van der Waals surface area contributed by atoms with Crippen LogP contribution in [-0.2, 0) is 9.59 Å². The van der Waals surface area contributed by atoms with E-state index in [-0.39, 0.29) is 11.8 Å². The Bertz CT molecular complexity index is 603. The van der Waals surface area contributed by atoms with Crippen molar-refractivity contribution in [3.8, 4) is 0 Å². The lowest BCUT2D eigenvalue weighted by Crippen LogP contribution is -2.42. The van der Waals surface area contributed by atoms with E-state index in [4.69, 9.17) is 0 Å². The zero-order chi connectivity index (χ0) is 16.8. The van der Waals surface area contributed by atoms with Gasteiger partial charge in [-0.25, -0.2) is 0 Å². The lowest BCUT2D eigenvalue weighted by Gasteiger charge is -2.23. The van der Waals surface area contributed by atoms with Crippen LogP contribution in [0.1, 0.15) is 13.8 Å². The zero-order valence-electron chi connectivity index (χ0n) is 13.7. The van der Waals surface area contributed by atoms with Crippen LogP contribution in [0.5, 0.6) is 0 Å². The first-order valence-electron chi connectivity index (χ1n) is 7.86. The number of carbonyl (C=O) groups is 2. The van der Waals surface area contributed by atoms with Gasteiger partial charge in [0.15, 0.2) is 0 Å². The average Bonchev–Trinajstić information content (AvgIpc) is 3.06. The molecule has 1 atom stereocenters. The van der Waals surface area contributed by atoms with Crippen molar-refractivity contribution in [2.75, 3.05) is 29.9 Å². The standard InChI is InChI=1S/C18H23N3O2/c1-4-17(22)21-13-7-8-16(21)18(23)19-14-9-11-15(12-10-14)20(5-2)6-3/h4,7-12,16H,1,5-6,13H2,2-3H3,(H,19,23)/t16-/m0/s1. The third kappa shape index (κ3) is 3.80. The number of benzene rings is 1. The summed E-state index contributed by atoms with van der Waals surface area (Å²) in [5.41, 5.74) is 1.84. The van der Waals surface area contributed by atoms with E-state index in [1.807, 2.05) is 30.3 Å². The summed E-state index contributed by atoms with van der Waals surface area (Å²) in [6.07, 6.45) is 4.78. The Morgan fingerprint density at radius 2 is 1.96 bits per heavy atom. The van der Waals surface area contributed by atoms with Gasteiger partial charge in [-0.05, 0) is 44.2 Å². The van der Waals surface area contributed by atoms with E-state index >= 15 is 0 Å². The van der Waals surface area contributed by atoms with Crippen molar-refractivity contribution in [2.45, 2.75) is 19.9 Å². The molecule has 23 heavy (non-hydrogen) atoms. The molecule has 122 valence electrons. The summed E-state index contributed by atoms with van der Waals surface area (Å²) in [5, 5.41) is 2.86. The molecule has 0 fully saturated rings. The first-order chi connectivity index (χ1) is 11.1. The summed E-state index contributed by atoms with van der Waals surface area (Å²) >= 11 is 0. The van der Waals surface area contributed by atoms with Crippen molar-refractivity contribution in [2.24, 2.45) is 0 Å². The highest BCUT2D eigenvalue weighted by Crippen LogP contribution is 2.19. The van der Waals surface area contributed by atoms with E-state index in [0.717, 1.165) is 24.5 Å². The molecule has 1 aromatic carbocycles. The molecule has 5 heteroatoms. The Labute approximate surface area is 137 Å². The number of hydrogen-bond donors (Lipinski definition) is 1. The third-order valence-electron chi connectivity index (χ3n) is 3.95. The summed E-state index contributed by atoms with van der Waals surface area (Å²) in [4.78, 5) is 27.8. The molecule has 0 aromatic heterocycles. The molecule has 0 saturated heterocycles. The van der Waals surface area contributed by atoms with Crippen molar-refractivity contribution in [1.29, 1.82) is 0 Å². The molecule has 0 bridgehead atoms. The number of anilines is 2. The lowest BCUT2D eigenvalue weighted by atomic mass is 10.2. The Kier molecular flexibility index (Phi) is 5.57. The molecule has 5 nitrogen and oxygen atoms in total. The van der Waals surface area contributed by atoms with Crippen molar-refractivity contribution in [1.82, 2.24) is 4.90 Å². The molecule has 2 amide bonds. The quantitative estimate of drug-likeness (QED) is 0.648. The van der Waals surface area contributed by atoms with E-state index in [2.05, 4.69) is 30.6 Å². The highest BCUT2D eigenvalue weighted by atomic mass is 16.2. The summed E-state index contributed by atoms with van der Waals surface area (Å²) in [6.45, 7) is 10.00. The topological polar surface area (TPSA) is 52.7 Å². The smallest absolute Gasteiger partial charge is 0.251 e. The summed E-state index contributed by atoms with van der Waals surface area (Å²) in [7, 11) is 0. The Morgan fingerprint density at radius 3 is 2.52 bits per heavy atom. The Morgan fingerprint density at radius 1 is 1.30 bits per heavy atom. The number of rotatable bonds is 6. The molecule has 0 unspecified atom stereocenters. The predicted octanol–water partition coefficient (Wildman–Crippen LogP) is 2.42. The second-order valence-corrected chi connectivity index (χ2v) is 5.28. The fourth-order valence-electron chi connectivity index (χ4n) is 2.65. The van der Waals surface area contributed by atoms with Gasteiger partial charge in [-0.1, -0.05) is 18.7 Å². The van der Waals surface area contributed by atoms with Crippen LogP contribution in [-0.4, -0.2) is 42.4 Å². The van der Waals surface area contributed by atoms with Crippen LogP contribution in [0.4, 0.5) is 11.4 Å². The van der Waals surface area contributed by atoms with Gasteiger partial charge >= 0.3 is 0 Å². The average molecular weight is 313 g/mol. The summed E-state index contributed by atoms with van der Waals surface area (Å²) < 4.78 is 0. The van der Waals surface area contributed by atoms with Gasteiger partial charge in [0.05, 0.1) is 0 Å². The summed E-state index contributed by atoms with van der Waals surface area (Å²) in [5.74, 6) is -0.462. The highest BCUT2D eigenvalue weighted by molar-refractivity contribution is 6.00. The molecule has 0 radical (unpaired) electrons. The third-order valence-corrected chi connectivity index (χ3v) is 3.95. The van der Waals surface area contributed by atoms with Crippen molar-refractivity contribution < 1.29 is 9.59 Å². The molecule has 1 aromatic rings. The van der Waals surface area contributed by atoms with E-state index < -0.39 is 6.04 Å². The van der Waals surface area contributed by atoms with E-state index in [1.165, 1.54) is 11.0 Å². The largest absolute Gasteiger partial charge is 0.372 e. The van der Waals surface area contributed by atoms with Crippen LogP contribution in [0.25, 0.3) is 0 Å². The van der Waals surface area contributed by atoms with Gasteiger partial charge in [0.25, 0.3) is 5.91 Å². The van der Waals surface area contributed by atoms with Crippen LogP contribution in [0, 0.1) is 0 Å². The minimum absolute atomic E-state index is 0.218. The minimum atomic E-state index is -0.581. The highest BCUT2D eigenvalue weighted by Gasteiger charge is 2.29. The van der Waals surface area contributed by atoms with E-state index in [9.17, 15) is 9.59 Å². The predicted molar refractivity (Wildman–Crippen MR) is 93.5 cm³/mol. The van der Waals surface area contributed by atoms with Gasteiger partial charge in [-0.15, -0.1) is 0 Å². The minimum Gasteiger partial charge on any atom is -0.372 e. The molecular weight excluding hydrogens is 290 g/mol. The first kappa shape index (κ1) is 16.8. The SMILES string of the molecule is C=CC(=O)N1CC=C[C@H]1C(=O)Nc1ccc(N(CC)CC)cc1. The van der Waals surface area contributed by atoms with Crippen LogP contribution in [0.15, 0.2) is 49.1 Å². The fourth-order valence-corrected chi connectivity index (χ4v) is 2.65. The molecule has 1 aliphatic rings. The molecule has 0 spiro atoms. The van der Waals surface area contributed by atoms with E-state index in [0.29, 0.717) is 6.54 Å². The summed E-state index contributed by atoms with van der Waals surface area (Å²) in [6, 6.07) is 7.15. The normalized spacial score (nSPS) is 16.3. The van der Waals surface area contributed by atoms with Gasteiger partial charge in [0.2, 0.25) is 5.91 Å². The number of nitrogens with one attached hydrogen (secondary N) is 1. The van der Waals surface area contributed by atoms with Crippen LogP contribution in [0.2, 0.25) is 0 Å². The molecule has 0 aliphatic carbocycles. The fraction of sp³-hybridized carbons (Fsp3) is 0.333. The number of hydrogen-bond acceptors (Lipinski definition) is 3. The van der Waals surface area contributed by atoms with Crippen LogP contribution < -0.4 is 10.2 Å². The molecule has 0 saturated carbocycles. The number of nitrogens with zero attached hydrogens (tertiary/aromatic N) is 2. The van der Waals surface area contributed by atoms with Crippen molar-refractivity contribution in [3.63, 3.8) is 0 Å². The second kappa shape index (κ2) is 7.63. The monoisotopic (exact) mass is 313 g/mol. The maximum atomic E-state index is 12.4. The maximum absolute atomic E-state index is 12.4. The Hall–Kier alpha value is -2.56. The molecule has 1 heterocycles. The van der Waals surface area contributed by atoms with Crippen LogP contribution in [0.3, 0.4) is 0 Å². The molecule has 1 aliphatic heterocycles. The van der Waals surface area contributed by atoms with Gasteiger partial charge in [0, 0.05) is 31.0 Å². The van der Waals surface area contributed by atoms with Gasteiger partial charge in [0.1, 0.15) is 6.04 Å². The van der Waals surface area contributed by atoms with Gasteiger partial charge in [-0.3, -0.25) is 9.59 Å². The van der Waals surface area contributed by atoms with Crippen molar-refractivity contribution in [3.05, 3.63) is 49.1 Å². The molecule has 2 rings (SSSR count). The molecular formula is C18H23N3O2. The van der Waals surface area contributed by atoms with Crippen LogP contribution >= 0.6 is 0 Å². The van der Waals surface area contributed by atoms with Crippen molar-refractivity contribution >= 4 is 23.2 Å². The molecule has 1 N–H and O–H groups in total. The second-order valence-electron chi connectivity index (χ2n) is 5.28. The number of carbonyl (C=O) groups excluding carboxylic acids is 2. The zero-order valence-corrected chi connectivity index (χ0v) is 13.7. The number of amides is 2. The first-order valence-corrected chi connectivity index (χ1v) is 7.86. The van der Waals surface area contributed by atoms with Gasteiger partial charge < -0.3 is 15.1 Å². The Balaban J connectivity index is 2.04.